The number of fused-ring (bicyclic) bond motifs is 1. The number of aromatic nitrogens is 3. The van der Waals surface area contributed by atoms with Gasteiger partial charge in [0.1, 0.15) is 5.69 Å². The van der Waals surface area contributed by atoms with Crippen LogP contribution in [0.3, 0.4) is 0 Å². The van der Waals surface area contributed by atoms with E-state index < -0.39 is 17.9 Å². The van der Waals surface area contributed by atoms with Crippen molar-refractivity contribution in [2.45, 2.75) is 56.5 Å². The number of nitrogens with zero attached hydrogens (tertiary/aromatic N) is 3. The Bertz CT molecular complexity index is 1400. The van der Waals surface area contributed by atoms with Gasteiger partial charge in [0.25, 0.3) is 17.4 Å². The molecule has 0 radical (unpaired) electrons. The fraction of sp³-hybridized carbons (Fsp3) is 0.407. The Morgan fingerprint density at radius 1 is 1.17 bits per heavy atom. The largest absolute Gasteiger partial charge is 0.348 e. The van der Waals surface area contributed by atoms with E-state index in [4.69, 9.17) is 0 Å². The summed E-state index contributed by atoms with van der Waals surface area (Å²) in [4.78, 5) is 38.8. The summed E-state index contributed by atoms with van der Waals surface area (Å²) in [5.41, 5.74) is 5.86. The lowest BCUT2D eigenvalue weighted by atomic mass is 9.88. The Balaban J connectivity index is 1.07. The van der Waals surface area contributed by atoms with Crippen LogP contribution in [0.1, 0.15) is 65.2 Å². The van der Waals surface area contributed by atoms with Crippen LogP contribution >= 0.6 is 0 Å². The van der Waals surface area contributed by atoms with E-state index in [1.54, 1.807) is 12.3 Å². The van der Waals surface area contributed by atoms with Crippen LogP contribution in [0.25, 0.3) is 16.6 Å². The molecule has 0 aromatic carbocycles. The summed E-state index contributed by atoms with van der Waals surface area (Å²) >= 11 is 0. The van der Waals surface area contributed by atoms with Gasteiger partial charge in [0.2, 0.25) is 0 Å². The standard InChI is InChI=1S/C27H27F2N5O2/c28-27(29)11-20(12-27)32-26(36)22-4-3-19(14-31-22)17-5-7-34(8-6-17)15-16-9-24-23(30-13-16)10-21(18-1-2-18)25(35)33-24/h3-5,9-10,13-14,18,20H,1-2,6-8,11-12,15H2,(H,32,36)(H,33,35). The third-order valence-electron chi connectivity index (χ3n) is 7.29. The number of alkyl halides is 2. The maximum atomic E-state index is 13.0. The predicted molar refractivity (Wildman–Crippen MR) is 132 cm³/mol. The number of hydrogen-bond acceptors (Lipinski definition) is 5. The van der Waals surface area contributed by atoms with Crippen molar-refractivity contribution in [3.63, 3.8) is 0 Å². The summed E-state index contributed by atoms with van der Waals surface area (Å²) in [6, 6.07) is 6.96. The Kier molecular flexibility index (Phi) is 5.67. The van der Waals surface area contributed by atoms with E-state index >= 15 is 0 Å². The molecule has 3 aromatic rings. The van der Waals surface area contributed by atoms with Crippen LogP contribution in [-0.4, -0.2) is 50.8 Å². The number of aromatic amines is 1. The second-order valence-electron chi connectivity index (χ2n) is 10.2. The molecule has 2 saturated carbocycles. The zero-order valence-electron chi connectivity index (χ0n) is 19.8. The first-order valence-corrected chi connectivity index (χ1v) is 12.4. The van der Waals surface area contributed by atoms with Gasteiger partial charge in [-0.2, -0.15) is 0 Å². The Morgan fingerprint density at radius 2 is 2.00 bits per heavy atom. The molecule has 186 valence electrons. The van der Waals surface area contributed by atoms with Crippen LogP contribution in [0.2, 0.25) is 0 Å². The monoisotopic (exact) mass is 491 g/mol. The van der Waals surface area contributed by atoms with Gasteiger partial charge in [0.05, 0.1) is 11.0 Å². The molecule has 3 aliphatic rings. The number of nitrogens with one attached hydrogen (secondary N) is 2. The van der Waals surface area contributed by atoms with Gasteiger partial charge in [-0.25, -0.2) is 8.78 Å². The lowest BCUT2D eigenvalue weighted by Gasteiger charge is -2.35. The first-order chi connectivity index (χ1) is 17.3. The van der Waals surface area contributed by atoms with Gasteiger partial charge in [0, 0.05) is 56.5 Å². The molecular formula is C27H27F2N5O2. The molecule has 9 heteroatoms. The minimum Gasteiger partial charge on any atom is -0.348 e. The van der Waals surface area contributed by atoms with Crippen molar-refractivity contribution in [2.75, 3.05) is 13.1 Å². The average molecular weight is 492 g/mol. The SMILES string of the molecule is O=C(NC1CC(F)(F)C1)c1ccc(C2=CCN(Cc3cnc4cc(C5CC5)c(=O)[nH]c4c3)CC2)cn1. The summed E-state index contributed by atoms with van der Waals surface area (Å²) in [6.07, 6.45) is 8.10. The van der Waals surface area contributed by atoms with Crippen molar-refractivity contribution < 1.29 is 13.6 Å². The molecule has 2 fully saturated rings. The molecule has 1 aliphatic heterocycles. The van der Waals surface area contributed by atoms with Crippen LogP contribution in [0.5, 0.6) is 0 Å². The molecule has 0 unspecified atom stereocenters. The normalized spacial score (nSPS) is 20.1. The van der Waals surface area contributed by atoms with Gasteiger partial charge in [-0.05, 0) is 60.1 Å². The van der Waals surface area contributed by atoms with Crippen molar-refractivity contribution in [2.24, 2.45) is 0 Å². The van der Waals surface area contributed by atoms with Gasteiger partial charge in [-0.3, -0.25) is 24.5 Å². The molecule has 0 saturated heterocycles. The van der Waals surface area contributed by atoms with Gasteiger partial charge < -0.3 is 10.3 Å². The van der Waals surface area contributed by atoms with Crippen LogP contribution in [0, 0.1) is 0 Å². The van der Waals surface area contributed by atoms with Crippen molar-refractivity contribution in [3.8, 4) is 0 Å². The van der Waals surface area contributed by atoms with Crippen molar-refractivity contribution in [1.29, 1.82) is 0 Å². The molecule has 3 aromatic heterocycles. The van der Waals surface area contributed by atoms with Gasteiger partial charge >= 0.3 is 0 Å². The minimum atomic E-state index is -2.67. The van der Waals surface area contributed by atoms with Gasteiger partial charge in [-0.15, -0.1) is 0 Å². The number of hydrogen-bond donors (Lipinski definition) is 2. The van der Waals surface area contributed by atoms with Crippen molar-refractivity contribution in [1.82, 2.24) is 25.2 Å². The lowest BCUT2D eigenvalue weighted by molar-refractivity contribution is -0.0901. The minimum absolute atomic E-state index is 0.00353. The van der Waals surface area contributed by atoms with Crippen LogP contribution in [0.15, 0.2) is 47.5 Å². The zero-order chi connectivity index (χ0) is 24.9. The van der Waals surface area contributed by atoms with E-state index in [1.807, 2.05) is 24.4 Å². The van der Waals surface area contributed by atoms with E-state index in [9.17, 15) is 18.4 Å². The number of pyridine rings is 3. The van der Waals surface area contributed by atoms with E-state index in [0.29, 0.717) is 5.92 Å². The topological polar surface area (TPSA) is 91.0 Å². The van der Waals surface area contributed by atoms with E-state index in [2.05, 4.69) is 31.2 Å². The first kappa shape index (κ1) is 23.0. The average Bonchev–Trinajstić information content (AvgIpc) is 3.68. The molecule has 4 heterocycles. The highest BCUT2D eigenvalue weighted by molar-refractivity contribution is 5.92. The zero-order valence-corrected chi connectivity index (χ0v) is 19.8. The molecule has 1 amide bonds. The predicted octanol–water partition coefficient (Wildman–Crippen LogP) is 4.01. The third kappa shape index (κ3) is 4.80. The summed E-state index contributed by atoms with van der Waals surface area (Å²) in [6.45, 7) is 2.36. The maximum Gasteiger partial charge on any atom is 0.270 e. The molecule has 0 atom stereocenters. The van der Waals surface area contributed by atoms with E-state index in [0.717, 1.165) is 72.2 Å². The lowest BCUT2D eigenvalue weighted by Crippen LogP contribution is -2.50. The number of halogens is 2. The van der Waals surface area contributed by atoms with Crippen LogP contribution in [0.4, 0.5) is 8.78 Å². The Hall–Kier alpha value is -3.46. The molecular weight excluding hydrogens is 464 g/mol. The smallest absolute Gasteiger partial charge is 0.270 e. The summed E-state index contributed by atoms with van der Waals surface area (Å²) in [5, 5.41) is 2.61. The van der Waals surface area contributed by atoms with Crippen molar-refractivity contribution >= 4 is 22.5 Å². The van der Waals surface area contributed by atoms with E-state index in [-0.39, 0.29) is 24.1 Å². The molecule has 6 rings (SSSR count). The Labute approximate surface area is 206 Å². The molecule has 36 heavy (non-hydrogen) atoms. The van der Waals surface area contributed by atoms with Gasteiger partial charge in [-0.1, -0.05) is 12.1 Å². The third-order valence-corrected chi connectivity index (χ3v) is 7.29. The number of carbonyl (C=O) groups excluding carboxylic acids is 1. The maximum absolute atomic E-state index is 13.0. The molecule has 2 N–H and O–H groups in total. The second kappa shape index (κ2) is 8.89. The first-order valence-electron chi connectivity index (χ1n) is 12.4. The highest BCUT2D eigenvalue weighted by Gasteiger charge is 2.46. The summed E-state index contributed by atoms with van der Waals surface area (Å²) in [5.74, 6) is -2.69. The van der Waals surface area contributed by atoms with Crippen LogP contribution < -0.4 is 10.9 Å². The molecule has 7 nitrogen and oxygen atoms in total. The Morgan fingerprint density at radius 3 is 2.67 bits per heavy atom. The highest BCUT2D eigenvalue weighted by atomic mass is 19.3. The summed E-state index contributed by atoms with van der Waals surface area (Å²) < 4.78 is 25.9. The van der Waals surface area contributed by atoms with Crippen LogP contribution in [-0.2, 0) is 6.54 Å². The number of rotatable bonds is 6. The molecule has 0 spiro atoms. The van der Waals surface area contributed by atoms with Gasteiger partial charge in [0.15, 0.2) is 0 Å². The quantitative estimate of drug-likeness (QED) is 0.544. The molecule has 0 bridgehead atoms. The fourth-order valence-corrected chi connectivity index (χ4v) is 5.04. The number of H-pyrrole nitrogens is 1. The second-order valence-corrected chi connectivity index (χ2v) is 10.2. The number of carbonyl (C=O) groups is 1. The van der Waals surface area contributed by atoms with E-state index in [1.165, 1.54) is 0 Å². The molecule has 2 aliphatic carbocycles. The highest BCUT2D eigenvalue weighted by Crippen LogP contribution is 2.39. The fourth-order valence-electron chi connectivity index (χ4n) is 5.04. The number of amides is 1. The summed E-state index contributed by atoms with van der Waals surface area (Å²) in [7, 11) is 0. The van der Waals surface area contributed by atoms with Crippen molar-refractivity contribution in [3.05, 3.63) is 75.5 Å².